The second-order valence-electron chi connectivity index (χ2n) is 9.92. The average molecular weight is 543 g/mol. The van der Waals surface area contributed by atoms with Gasteiger partial charge in [0.1, 0.15) is 17.4 Å². The lowest BCUT2D eigenvalue weighted by molar-refractivity contribution is 0.0981. The Kier molecular flexibility index (Phi) is 8.15. The molecule has 202 valence electrons. The molecule has 0 radical (unpaired) electrons. The van der Waals surface area contributed by atoms with E-state index >= 15 is 0 Å². The molecule has 0 spiro atoms. The summed E-state index contributed by atoms with van der Waals surface area (Å²) in [5.41, 5.74) is 0.0669. The van der Waals surface area contributed by atoms with Crippen molar-refractivity contribution in [2.75, 3.05) is 24.6 Å². The number of aromatic nitrogens is 2. The standard InChI is InChI=1S/C27H31FN4O5S/c1-17(2)16-37-21-14-19(13-20(28)15-21)23-7-6-22(25(30-23)32-11-8-18(3)9-12-32)26(33)31-38(35,36)24-5-4-10-29-27(24)34/h4-7,10,13-15,17-18H,8-9,11-12,16H2,1-3H3,(H,29,34)(H,31,33). The first-order chi connectivity index (χ1) is 18.0. The van der Waals surface area contributed by atoms with Gasteiger partial charge in [0, 0.05) is 30.9 Å². The topological polar surface area (TPSA) is 121 Å². The quantitative estimate of drug-likeness (QED) is 0.442. The van der Waals surface area contributed by atoms with Gasteiger partial charge in [-0.1, -0.05) is 20.8 Å². The van der Waals surface area contributed by atoms with Crippen molar-refractivity contribution in [2.24, 2.45) is 11.8 Å². The van der Waals surface area contributed by atoms with Gasteiger partial charge in [-0.2, -0.15) is 0 Å². The molecule has 1 fully saturated rings. The lowest BCUT2D eigenvalue weighted by atomic mass is 9.98. The molecule has 0 bridgehead atoms. The number of pyridine rings is 2. The van der Waals surface area contributed by atoms with Crippen molar-refractivity contribution in [3.8, 4) is 17.0 Å². The number of hydrogen-bond donors (Lipinski definition) is 2. The predicted molar refractivity (Wildman–Crippen MR) is 142 cm³/mol. The molecule has 38 heavy (non-hydrogen) atoms. The first kappa shape index (κ1) is 27.3. The zero-order chi connectivity index (χ0) is 27.4. The van der Waals surface area contributed by atoms with Crippen LogP contribution in [0.15, 0.2) is 58.4 Å². The Balaban J connectivity index is 1.72. The third-order valence-corrected chi connectivity index (χ3v) is 7.61. The fourth-order valence-corrected chi connectivity index (χ4v) is 5.18. The number of nitrogens with zero attached hydrogens (tertiary/aromatic N) is 2. The molecular formula is C27H31FN4O5S. The second kappa shape index (κ2) is 11.3. The van der Waals surface area contributed by atoms with Crippen molar-refractivity contribution in [3.63, 3.8) is 0 Å². The van der Waals surface area contributed by atoms with E-state index in [1.165, 1.54) is 36.5 Å². The minimum atomic E-state index is -4.44. The number of halogens is 1. The van der Waals surface area contributed by atoms with Crippen LogP contribution in [0, 0.1) is 17.7 Å². The van der Waals surface area contributed by atoms with E-state index in [-0.39, 0.29) is 17.3 Å². The Labute approximate surface area is 221 Å². The summed E-state index contributed by atoms with van der Waals surface area (Å²) in [5, 5.41) is 0. The van der Waals surface area contributed by atoms with Crippen molar-refractivity contribution < 1.29 is 22.3 Å². The fraction of sp³-hybridized carbons (Fsp3) is 0.370. The summed E-state index contributed by atoms with van der Waals surface area (Å²) < 4.78 is 47.7. The van der Waals surface area contributed by atoms with Gasteiger partial charge in [0.05, 0.1) is 17.9 Å². The summed E-state index contributed by atoms with van der Waals surface area (Å²) in [6, 6.07) is 9.79. The lowest BCUT2D eigenvalue weighted by Gasteiger charge is -2.32. The van der Waals surface area contributed by atoms with Crippen molar-refractivity contribution in [1.29, 1.82) is 0 Å². The molecular weight excluding hydrogens is 511 g/mol. The molecule has 11 heteroatoms. The van der Waals surface area contributed by atoms with E-state index in [2.05, 4.69) is 11.9 Å². The number of anilines is 1. The van der Waals surface area contributed by atoms with Crippen LogP contribution in [0.1, 0.15) is 44.0 Å². The molecule has 2 aromatic heterocycles. The van der Waals surface area contributed by atoms with Gasteiger partial charge in [-0.3, -0.25) is 9.59 Å². The van der Waals surface area contributed by atoms with Gasteiger partial charge in [0.15, 0.2) is 4.90 Å². The number of rotatable bonds is 8. The van der Waals surface area contributed by atoms with E-state index in [4.69, 9.17) is 9.72 Å². The smallest absolute Gasteiger partial charge is 0.269 e. The van der Waals surface area contributed by atoms with Gasteiger partial charge in [-0.15, -0.1) is 0 Å². The van der Waals surface area contributed by atoms with Crippen molar-refractivity contribution in [1.82, 2.24) is 14.7 Å². The molecule has 4 rings (SSSR count). The molecule has 0 saturated carbocycles. The van der Waals surface area contributed by atoms with Crippen LogP contribution < -0.4 is 19.9 Å². The summed E-state index contributed by atoms with van der Waals surface area (Å²) >= 11 is 0. The molecule has 1 amide bonds. The molecule has 9 nitrogen and oxygen atoms in total. The SMILES string of the molecule is CC(C)COc1cc(F)cc(-c2ccc(C(=O)NS(=O)(=O)c3ccc[nH]c3=O)c(N3CCC(C)CC3)n2)c1. The number of hydrogen-bond acceptors (Lipinski definition) is 7. The van der Waals surface area contributed by atoms with Crippen LogP contribution in [0.2, 0.25) is 0 Å². The molecule has 1 saturated heterocycles. The van der Waals surface area contributed by atoms with Gasteiger partial charge in [-0.05, 0) is 61.1 Å². The van der Waals surface area contributed by atoms with Crippen LogP contribution in [0.25, 0.3) is 11.3 Å². The van der Waals surface area contributed by atoms with Crippen LogP contribution in [0.5, 0.6) is 5.75 Å². The number of H-pyrrole nitrogens is 1. The van der Waals surface area contributed by atoms with Gasteiger partial charge in [-0.25, -0.2) is 22.5 Å². The van der Waals surface area contributed by atoms with E-state index in [1.807, 2.05) is 23.5 Å². The van der Waals surface area contributed by atoms with Gasteiger partial charge in [0.2, 0.25) is 0 Å². The number of ether oxygens (including phenoxy) is 1. The highest BCUT2D eigenvalue weighted by molar-refractivity contribution is 7.90. The number of sulfonamides is 1. The van der Waals surface area contributed by atoms with E-state index in [0.717, 1.165) is 18.9 Å². The molecule has 2 N–H and O–H groups in total. The average Bonchev–Trinajstić information content (AvgIpc) is 2.87. The number of amides is 1. The molecule has 1 aliphatic heterocycles. The Hall–Kier alpha value is -3.73. The molecule has 0 aliphatic carbocycles. The van der Waals surface area contributed by atoms with E-state index in [0.29, 0.717) is 42.6 Å². The minimum Gasteiger partial charge on any atom is -0.493 e. The van der Waals surface area contributed by atoms with Crippen LogP contribution in [0.3, 0.4) is 0 Å². The highest BCUT2D eigenvalue weighted by Gasteiger charge is 2.27. The number of aromatic amines is 1. The van der Waals surface area contributed by atoms with Gasteiger partial charge >= 0.3 is 0 Å². The van der Waals surface area contributed by atoms with Crippen molar-refractivity contribution in [3.05, 3.63) is 70.4 Å². The normalized spacial score (nSPS) is 14.5. The summed E-state index contributed by atoms with van der Waals surface area (Å²) in [5.74, 6) is 0.00982. The summed E-state index contributed by atoms with van der Waals surface area (Å²) in [4.78, 5) is 33.6. The van der Waals surface area contributed by atoms with Crippen LogP contribution in [-0.2, 0) is 10.0 Å². The van der Waals surface area contributed by atoms with E-state index < -0.39 is 32.2 Å². The zero-order valence-corrected chi connectivity index (χ0v) is 22.3. The van der Waals surface area contributed by atoms with E-state index in [9.17, 15) is 22.4 Å². The summed E-state index contributed by atoms with van der Waals surface area (Å²) in [6.07, 6.45) is 3.04. The maximum atomic E-state index is 14.4. The molecule has 0 unspecified atom stereocenters. The van der Waals surface area contributed by atoms with Crippen LogP contribution in [-0.4, -0.2) is 44.0 Å². The highest BCUT2D eigenvalue weighted by atomic mass is 32.2. The maximum Gasteiger partial charge on any atom is 0.269 e. The third-order valence-electron chi connectivity index (χ3n) is 6.25. The van der Waals surface area contributed by atoms with Crippen molar-refractivity contribution in [2.45, 2.75) is 38.5 Å². The Morgan fingerprint density at radius 3 is 2.63 bits per heavy atom. The number of carbonyl (C=O) groups excluding carboxylic acids is 1. The molecule has 1 aliphatic rings. The van der Waals surface area contributed by atoms with E-state index in [1.54, 1.807) is 6.07 Å². The third kappa shape index (κ3) is 6.39. The molecule has 3 heterocycles. The first-order valence-electron chi connectivity index (χ1n) is 12.5. The highest BCUT2D eigenvalue weighted by Crippen LogP contribution is 2.30. The monoisotopic (exact) mass is 542 g/mol. The van der Waals surface area contributed by atoms with Gasteiger partial charge in [0.25, 0.3) is 21.5 Å². The number of carbonyl (C=O) groups is 1. The lowest BCUT2D eigenvalue weighted by Crippen LogP contribution is -2.38. The number of nitrogens with one attached hydrogen (secondary N) is 2. The number of piperidine rings is 1. The molecule has 1 aromatic carbocycles. The Morgan fingerprint density at radius 1 is 1.21 bits per heavy atom. The predicted octanol–water partition coefficient (Wildman–Crippen LogP) is 3.97. The van der Waals surface area contributed by atoms with Crippen LogP contribution in [0.4, 0.5) is 10.2 Å². The number of benzene rings is 1. The maximum absolute atomic E-state index is 14.4. The molecule has 3 aromatic rings. The van der Waals surface area contributed by atoms with Crippen molar-refractivity contribution >= 4 is 21.7 Å². The fourth-order valence-electron chi connectivity index (χ4n) is 4.15. The Bertz CT molecular complexity index is 1480. The van der Waals surface area contributed by atoms with Gasteiger partial charge < -0.3 is 14.6 Å². The van der Waals surface area contributed by atoms with Crippen LogP contribution >= 0.6 is 0 Å². The largest absolute Gasteiger partial charge is 0.493 e. The zero-order valence-electron chi connectivity index (χ0n) is 21.5. The first-order valence-corrected chi connectivity index (χ1v) is 14.0. The molecule has 0 atom stereocenters. The summed E-state index contributed by atoms with van der Waals surface area (Å²) in [6.45, 7) is 7.79. The minimum absolute atomic E-state index is 0.0342. The Morgan fingerprint density at radius 2 is 1.95 bits per heavy atom. The second-order valence-corrected chi connectivity index (χ2v) is 11.6. The summed E-state index contributed by atoms with van der Waals surface area (Å²) in [7, 11) is -4.44.